The maximum absolute atomic E-state index is 13.1. The molecule has 0 radical (unpaired) electrons. The predicted molar refractivity (Wildman–Crippen MR) is 107 cm³/mol. The summed E-state index contributed by atoms with van der Waals surface area (Å²) in [5.41, 5.74) is 0.364. The zero-order valence-electron chi connectivity index (χ0n) is 17.5. The first-order valence-corrected chi connectivity index (χ1v) is 10.5. The Bertz CT molecular complexity index is 865. The molecule has 2 amide bonds. The molecule has 5 atom stereocenters. The molecule has 7 heteroatoms. The highest BCUT2D eigenvalue weighted by Crippen LogP contribution is 2.56. The molecule has 160 valence electrons. The topological polar surface area (TPSA) is 90.0 Å². The molecule has 1 saturated heterocycles. The lowest BCUT2D eigenvalue weighted by Crippen LogP contribution is -2.50. The third-order valence-electron chi connectivity index (χ3n) is 6.85. The van der Waals surface area contributed by atoms with Crippen LogP contribution in [0.3, 0.4) is 0 Å². The number of hydrogen-bond donors (Lipinski definition) is 0. The Labute approximate surface area is 175 Å². The predicted octanol–water partition coefficient (Wildman–Crippen LogP) is 2.48. The Morgan fingerprint density at radius 2 is 1.73 bits per heavy atom. The summed E-state index contributed by atoms with van der Waals surface area (Å²) in [6.45, 7) is 3.10. The Kier molecular flexibility index (Phi) is 5.38. The van der Waals surface area contributed by atoms with Crippen LogP contribution >= 0.6 is 0 Å². The van der Waals surface area contributed by atoms with Crippen molar-refractivity contribution in [2.45, 2.75) is 39.2 Å². The minimum Gasteiger partial charge on any atom is -0.497 e. The molecule has 1 aliphatic heterocycles. The van der Waals surface area contributed by atoms with E-state index in [1.54, 1.807) is 38.1 Å². The normalized spacial score (nSPS) is 28.1. The third kappa shape index (κ3) is 3.30. The summed E-state index contributed by atoms with van der Waals surface area (Å²) < 4.78 is 10.4. The second-order valence-corrected chi connectivity index (χ2v) is 8.88. The smallest absolute Gasteiger partial charge is 0.330 e. The van der Waals surface area contributed by atoms with E-state index < -0.39 is 18.6 Å². The number of fused-ring (bicyclic) bond motifs is 5. The number of ether oxygens (including phenoxy) is 2. The van der Waals surface area contributed by atoms with Crippen molar-refractivity contribution in [3.63, 3.8) is 0 Å². The molecular formula is C23H27NO6. The van der Waals surface area contributed by atoms with Gasteiger partial charge in [0.15, 0.2) is 12.4 Å². The van der Waals surface area contributed by atoms with Crippen LogP contribution < -0.4 is 4.74 Å². The standard InChI is InChI=1S/C23H27NO6/c1-12(2)20(23(28)30-11-17(25)13-5-4-6-16(10-13)29-3)24-21(26)18-14-7-8-15(9-14)19(18)22(24)27/h4-6,10,12,14-15,18-20H,7-9,11H2,1-3H3/t14-,15-,18-,19-,20-/m0/s1. The first-order valence-electron chi connectivity index (χ1n) is 10.5. The average molecular weight is 413 g/mol. The Hall–Kier alpha value is -2.70. The number of hydrogen-bond acceptors (Lipinski definition) is 6. The van der Waals surface area contributed by atoms with Gasteiger partial charge in [-0.25, -0.2) is 4.79 Å². The number of carbonyl (C=O) groups is 4. The van der Waals surface area contributed by atoms with Crippen molar-refractivity contribution in [3.8, 4) is 5.75 Å². The first-order chi connectivity index (χ1) is 14.3. The Morgan fingerprint density at radius 1 is 1.10 bits per heavy atom. The fraction of sp³-hybridized carbons (Fsp3) is 0.565. The van der Waals surface area contributed by atoms with Crippen LogP contribution in [0, 0.1) is 29.6 Å². The molecule has 1 heterocycles. The molecule has 2 saturated carbocycles. The molecule has 0 N–H and O–H groups in total. The maximum Gasteiger partial charge on any atom is 0.330 e. The molecule has 3 fully saturated rings. The van der Waals surface area contributed by atoms with E-state index in [0.29, 0.717) is 11.3 Å². The van der Waals surface area contributed by atoms with Crippen LogP contribution in [0.5, 0.6) is 5.75 Å². The third-order valence-corrected chi connectivity index (χ3v) is 6.85. The molecule has 3 aliphatic rings. The second kappa shape index (κ2) is 7.85. The SMILES string of the molecule is COc1cccc(C(=O)COC(=O)[C@H](C(C)C)N2C(=O)[C@H]3[C@H]4CC[C@@H](C4)[C@@H]3C2=O)c1. The van der Waals surface area contributed by atoms with Crippen molar-refractivity contribution in [1.82, 2.24) is 4.90 Å². The summed E-state index contributed by atoms with van der Waals surface area (Å²) in [5, 5.41) is 0. The van der Waals surface area contributed by atoms with Crippen molar-refractivity contribution < 1.29 is 28.7 Å². The van der Waals surface area contributed by atoms with Gasteiger partial charge in [0.1, 0.15) is 11.8 Å². The van der Waals surface area contributed by atoms with E-state index >= 15 is 0 Å². The number of carbonyl (C=O) groups excluding carboxylic acids is 4. The number of ketones is 1. The van der Waals surface area contributed by atoms with Gasteiger partial charge in [-0.05, 0) is 49.1 Å². The van der Waals surface area contributed by atoms with Crippen LogP contribution in [-0.2, 0) is 19.1 Å². The molecule has 1 aromatic carbocycles. The summed E-state index contributed by atoms with van der Waals surface area (Å²) >= 11 is 0. The highest BCUT2D eigenvalue weighted by molar-refractivity contribution is 6.09. The van der Waals surface area contributed by atoms with E-state index in [-0.39, 0.29) is 47.2 Å². The van der Waals surface area contributed by atoms with Crippen LogP contribution in [0.4, 0.5) is 0 Å². The molecule has 2 aliphatic carbocycles. The number of nitrogens with zero attached hydrogens (tertiary/aromatic N) is 1. The van der Waals surface area contributed by atoms with Gasteiger partial charge in [0.25, 0.3) is 0 Å². The summed E-state index contributed by atoms with van der Waals surface area (Å²) in [5.74, 6) is -1.43. The first kappa shape index (κ1) is 20.6. The Morgan fingerprint density at radius 3 is 2.30 bits per heavy atom. The van der Waals surface area contributed by atoms with E-state index in [1.807, 2.05) is 0 Å². The number of imide groups is 1. The van der Waals surface area contributed by atoms with Gasteiger partial charge in [-0.3, -0.25) is 19.3 Å². The number of rotatable bonds is 7. The fourth-order valence-corrected chi connectivity index (χ4v) is 5.48. The zero-order chi connectivity index (χ0) is 21.6. The minimum absolute atomic E-state index is 0.244. The maximum atomic E-state index is 13.1. The number of likely N-dealkylation sites (tertiary alicyclic amines) is 1. The van der Waals surface area contributed by atoms with Crippen molar-refractivity contribution in [1.29, 1.82) is 0 Å². The quantitative estimate of drug-likeness (QED) is 0.388. The van der Waals surface area contributed by atoms with Crippen molar-refractivity contribution in [3.05, 3.63) is 29.8 Å². The summed E-state index contributed by atoms with van der Waals surface area (Å²) in [4.78, 5) is 52.6. The summed E-state index contributed by atoms with van der Waals surface area (Å²) in [6, 6.07) is 5.57. The van der Waals surface area contributed by atoms with Gasteiger partial charge in [-0.1, -0.05) is 26.0 Å². The van der Waals surface area contributed by atoms with Crippen LogP contribution in [0.2, 0.25) is 0 Å². The van der Waals surface area contributed by atoms with Gasteiger partial charge in [0.05, 0.1) is 18.9 Å². The molecule has 30 heavy (non-hydrogen) atoms. The summed E-state index contributed by atoms with van der Waals surface area (Å²) in [6.07, 6.45) is 2.89. The molecule has 1 aromatic rings. The van der Waals surface area contributed by atoms with E-state index in [4.69, 9.17) is 9.47 Å². The number of methoxy groups -OCH3 is 1. The molecule has 2 bridgehead atoms. The summed E-state index contributed by atoms with van der Waals surface area (Å²) in [7, 11) is 1.50. The number of amides is 2. The lowest BCUT2D eigenvalue weighted by atomic mass is 9.81. The monoisotopic (exact) mass is 413 g/mol. The zero-order valence-corrected chi connectivity index (χ0v) is 17.5. The van der Waals surface area contributed by atoms with Gasteiger partial charge in [0, 0.05) is 5.56 Å². The van der Waals surface area contributed by atoms with Gasteiger partial charge in [-0.2, -0.15) is 0 Å². The van der Waals surface area contributed by atoms with Crippen LogP contribution in [0.1, 0.15) is 43.5 Å². The van der Waals surface area contributed by atoms with Crippen molar-refractivity contribution in [2.75, 3.05) is 13.7 Å². The molecular weight excluding hydrogens is 386 g/mol. The highest BCUT2D eigenvalue weighted by Gasteiger charge is 2.62. The van der Waals surface area contributed by atoms with Crippen molar-refractivity contribution >= 4 is 23.6 Å². The van der Waals surface area contributed by atoms with Crippen molar-refractivity contribution in [2.24, 2.45) is 29.6 Å². The van der Waals surface area contributed by atoms with E-state index in [2.05, 4.69) is 0 Å². The van der Waals surface area contributed by atoms with Crippen LogP contribution in [0.15, 0.2) is 24.3 Å². The van der Waals surface area contributed by atoms with E-state index in [9.17, 15) is 19.2 Å². The highest BCUT2D eigenvalue weighted by atomic mass is 16.5. The molecule has 0 unspecified atom stereocenters. The van der Waals surface area contributed by atoms with Crippen LogP contribution in [0.25, 0.3) is 0 Å². The van der Waals surface area contributed by atoms with Crippen LogP contribution in [-0.4, -0.2) is 48.2 Å². The molecule has 4 rings (SSSR count). The fourth-order valence-electron chi connectivity index (χ4n) is 5.48. The van der Waals surface area contributed by atoms with E-state index in [0.717, 1.165) is 24.2 Å². The average Bonchev–Trinajstić information content (AvgIpc) is 3.42. The van der Waals surface area contributed by atoms with Gasteiger partial charge >= 0.3 is 5.97 Å². The largest absolute Gasteiger partial charge is 0.497 e. The lowest BCUT2D eigenvalue weighted by molar-refractivity contribution is -0.160. The minimum atomic E-state index is -1.01. The number of esters is 1. The van der Waals surface area contributed by atoms with Gasteiger partial charge in [-0.15, -0.1) is 0 Å². The molecule has 7 nitrogen and oxygen atoms in total. The number of benzene rings is 1. The molecule has 0 aromatic heterocycles. The molecule has 0 spiro atoms. The number of Topliss-reactive ketones (excluding diaryl/α,β-unsaturated/α-hetero) is 1. The van der Waals surface area contributed by atoms with Gasteiger partial charge < -0.3 is 9.47 Å². The van der Waals surface area contributed by atoms with Gasteiger partial charge in [0.2, 0.25) is 11.8 Å². The lowest BCUT2D eigenvalue weighted by Gasteiger charge is -2.28. The van der Waals surface area contributed by atoms with E-state index in [1.165, 1.54) is 7.11 Å². The second-order valence-electron chi connectivity index (χ2n) is 8.88. The Balaban J connectivity index is 1.47.